The average Bonchev–Trinajstić information content (AvgIpc) is 2.42. The van der Waals surface area contributed by atoms with Gasteiger partial charge >= 0.3 is 5.97 Å². The molecule has 0 saturated heterocycles. The molecule has 1 atom stereocenters. The molecule has 124 valence electrons. The summed E-state index contributed by atoms with van der Waals surface area (Å²) >= 11 is 0. The molecule has 0 amide bonds. The smallest absolute Gasteiger partial charge is 0.303 e. The van der Waals surface area contributed by atoms with Gasteiger partial charge in [0.15, 0.2) is 0 Å². The number of carbonyl (C=O) groups is 1. The summed E-state index contributed by atoms with van der Waals surface area (Å²) in [6.07, 6.45) is -0.458. The van der Waals surface area contributed by atoms with Crippen molar-refractivity contribution >= 4 is 16.0 Å². The summed E-state index contributed by atoms with van der Waals surface area (Å²) in [7, 11) is -2.15. The van der Waals surface area contributed by atoms with Gasteiger partial charge in [-0.05, 0) is 25.8 Å². The Labute approximate surface area is 131 Å². The molecule has 0 heterocycles. The summed E-state index contributed by atoms with van der Waals surface area (Å²) in [6, 6.07) is 9.09. The largest absolute Gasteiger partial charge is 0.481 e. The molecule has 0 aliphatic heterocycles. The summed E-state index contributed by atoms with van der Waals surface area (Å²) in [6.45, 7) is 3.33. The zero-order valence-electron chi connectivity index (χ0n) is 13.1. The van der Waals surface area contributed by atoms with E-state index in [4.69, 9.17) is 9.84 Å². The molecule has 7 heteroatoms. The van der Waals surface area contributed by atoms with Crippen LogP contribution < -0.4 is 4.72 Å². The van der Waals surface area contributed by atoms with Crippen LogP contribution in [-0.2, 0) is 19.6 Å². The third-order valence-electron chi connectivity index (χ3n) is 3.22. The second-order valence-electron chi connectivity index (χ2n) is 5.80. The number of benzene rings is 1. The Balaban J connectivity index is 2.75. The summed E-state index contributed by atoms with van der Waals surface area (Å²) in [5.41, 5.74) is -0.0506. The minimum Gasteiger partial charge on any atom is -0.481 e. The van der Waals surface area contributed by atoms with Gasteiger partial charge in [0.25, 0.3) is 0 Å². The van der Waals surface area contributed by atoms with Crippen LogP contribution >= 0.6 is 0 Å². The average molecular weight is 329 g/mol. The van der Waals surface area contributed by atoms with Gasteiger partial charge in [-0.2, -0.15) is 0 Å². The maximum absolute atomic E-state index is 12.3. The molecule has 1 aromatic rings. The van der Waals surface area contributed by atoms with Gasteiger partial charge in [-0.15, -0.1) is 0 Å². The van der Waals surface area contributed by atoms with Crippen LogP contribution in [0.4, 0.5) is 0 Å². The van der Waals surface area contributed by atoms with Gasteiger partial charge in [-0.25, -0.2) is 13.1 Å². The van der Waals surface area contributed by atoms with Crippen LogP contribution in [0.5, 0.6) is 0 Å². The molecule has 1 aromatic carbocycles. The Morgan fingerprint density at radius 3 is 2.41 bits per heavy atom. The summed E-state index contributed by atoms with van der Waals surface area (Å²) in [5, 5.41) is 8.71. The second kappa shape index (κ2) is 7.71. The predicted octanol–water partition coefficient (Wildman–Crippen LogP) is 1.94. The molecule has 1 rings (SSSR count). The number of ether oxygens (including phenoxy) is 1. The quantitative estimate of drug-likeness (QED) is 0.722. The molecule has 0 saturated carbocycles. The van der Waals surface area contributed by atoms with Crippen molar-refractivity contribution in [2.45, 2.75) is 38.3 Å². The summed E-state index contributed by atoms with van der Waals surface area (Å²) in [5.74, 6) is -1.17. The van der Waals surface area contributed by atoms with E-state index in [2.05, 4.69) is 4.72 Å². The van der Waals surface area contributed by atoms with Gasteiger partial charge in [0.1, 0.15) is 0 Å². The van der Waals surface area contributed by atoms with E-state index in [-0.39, 0.29) is 18.6 Å². The van der Waals surface area contributed by atoms with Crippen LogP contribution in [0, 0.1) is 0 Å². The molecular formula is C15H23NO5S. The van der Waals surface area contributed by atoms with Crippen molar-refractivity contribution in [2.24, 2.45) is 0 Å². The third kappa shape index (κ3) is 6.55. The molecule has 2 N–H and O–H groups in total. The fourth-order valence-electron chi connectivity index (χ4n) is 2.10. The van der Waals surface area contributed by atoms with Crippen LogP contribution in [0.15, 0.2) is 30.3 Å². The van der Waals surface area contributed by atoms with Gasteiger partial charge in [0.2, 0.25) is 10.0 Å². The van der Waals surface area contributed by atoms with E-state index in [1.807, 2.05) is 18.2 Å². The molecule has 0 radical (unpaired) electrons. The minimum atomic E-state index is -3.61. The van der Waals surface area contributed by atoms with E-state index in [0.29, 0.717) is 0 Å². The van der Waals surface area contributed by atoms with Crippen molar-refractivity contribution in [3.8, 4) is 0 Å². The highest BCUT2D eigenvalue weighted by atomic mass is 32.2. The van der Waals surface area contributed by atoms with E-state index in [9.17, 15) is 13.2 Å². The lowest BCUT2D eigenvalue weighted by Gasteiger charge is -2.26. The molecule has 1 unspecified atom stereocenters. The van der Waals surface area contributed by atoms with Crippen molar-refractivity contribution in [3.05, 3.63) is 35.9 Å². The number of sulfonamides is 1. The van der Waals surface area contributed by atoms with E-state index in [1.54, 1.807) is 26.0 Å². The predicted molar refractivity (Wildman–Crippen MR) is 84.1 cm³/mol. The highest BCUT2D eigenvalue weighted by molar-refractivity contribution is 7.89. The fraction of sp³-hybridized carbons (Fsp3) is 0.533. The van der Waals surface area contributed by atoms with E-state index < -0.39 is 27.6 Å². The first-order valence-electron chi connectivity index (χ1n) is 6.96. The number of hydrogen-bond donors (Lipinski definition) is 2. The molecule has 0 aromatic heterocycles. The Hall–Kier alpha value is -1.44. The second-order valence-corrected chi connectivity index (χ2v) is 7.56. The number of rotatable bonds is 9. The van der Waals surface area contributed by atoms with Gasteiger partial charge in [-0.1, -0.05) is 30.3 Å². The molecule has 0 fully saturated rings. The normalized spacial score (nSPS) is 13.8. The molecule has 22 heavy (non-hydrogen) atoms. The third-order valence-corrected chi connectivity index (χ3v) is 4.83. The highest BCUT2D eigenvalue weighted by Gasteiger charge is 2.28. The Bertz CT molecular complexity index is 583. The van der Waals surface area contributed by atoms with Crippen molar-refractivity contribution < 1.29 is 23.1 Å². The minimum absolute atomic E-state index is 0.0953. The number of methoxy groups -OCH3 is 1. The van der Waals surface area contributed by atoms with E-state index >= 15 is 0 Å². The number of carboxylic acid groups (broad SMARTS) is 1. The van der Waals surface area contributed by atoms with Gasteiger partial charge in [0.05, 0.1) is 11.9 Å². The SMILES string of the molecule is COC(CS(=O)(=O)NC(C)(C)CCC(=O)O)c1ccccc1. The topological polar surface area (TPSA) is 92.7 Å². The van der Waals surface area contributed by atoms with Crippen LogP contribution in [0.25, 0.3) is 0 Å². The maximum atomic E-state index is 12.3. The molecule has 0 spiro atoms. The fourth-order valence-corrected chi connectivity index (χ4v) is 3.85. The zero-order chi connectivity index (χ0) is 16.8. The van der Waals surface area contributed by atoms with Gasteiger partial charge < -0.3 is 9.84 Å². The van der Waals surface area contributed by atoms with Crippen LogP contribution in [-0.4, -0.2) is 37.9 Å². The highest BCUT2D eigenvalue weighted by Crippen LogP contribution is 2.20. The Morgan fingerprint density at radius 2 is 1.91 bits per heavy atom. The van der Waals surface area contributed by atoms with Crippen LogP contribution in [0.3, 0.4) is 0 Å². The van der Waals surface area contributed by atoms with Crippen molar-refractivity contribution in [3.63, 3.8) is 0 Å². The van der Waals surface area contributed by atoms with Gasteiger partial charge in [0, 0.05) is 19.1 Å². The van der Waals surface area contributed by atoms with Crippen LogP contribution in [0.2, 0.25) is 0 Å². The van der Waals surface area contributed by atoms with Crippen molar-refractivity contribution in [2.75, 3.05) is 12.9 Å². The van der Waals surface area contributed by atoms with Gasteiger partial charge in [-0.3, -0.25) is 4.79 Å². The zero-order valence-corrected chi connectivity index (χ0v) is 13.9. The molecule has 6 nitrogen and oxygen atoms in total. The lowest BCUT2D eigenvalue weighted by Crippen LogP contribution is -2.45. The number of nitrogens with one attached hydrogen (secondary N) is 1. The van der Waals surface area contributed by atoms with E-state index in [1.165, 1.54) is 7.11 Å². The molecule has 0 aliphatic carbocycles. The maximum Gasteiger partial charge on any atom is 0.303 e. The standard InChI is InChI=1S/C15H23NO5S/c1-15(2,10-9-14(17)18)16-22(19,20)11-13(21-3)12-7-5-4-6-8-12/h4-8,13,16H,9-11H2,1-3H3,(H,17,18). The summed E-state index contributed by atoms with van der Waals surface area (Å²) < 4.78 is 32.4. The first kappa shape index (κ1) is 18.6. The van der Waals surface area contributed by atoms with E-state index in [0.717, 1.165) is 5.56 Å². The van der Waals surface area contributed by atoms with Crippen molar-refractivity contribution in [1.29, 1.82) is 0 Å². The first-order chi connectivity index (χ1) is 10.2. The Kier molecular flexibility index (Phi) is 6.52. The lowest BCUT2D eigenvalue weighted by molar-refractivity contribution is -0.137. The molecule has 0 aliphatic rings. The first-order valence-corrected chi connectivity index (χ1v) is 8.61. The molecule has 0 bridgehead atoms. The Morgan fingerprint density at radius 1 is 1.32 bits per heavy atom. The monoisotopic (exact) mass is 329 g/mol. The lowest BCUT2D eigenvalue weighted by atomic mass is 10.0. The number of aliphatic carboxylic acids is 1. The number of carboxylic acids is 1. The molecular weight excluding hydrogens is 306 g/mol. The van der Waals surface area contributed by atoms with Crippen molar-refractivity contribution in [1.82, 2.24) is 4.72 Å². The summed E-state index contributed by atoms with van der Waals surface area (Å²) in [4.78, 5) is 10.6. The van der Waals surface area contributed by atoms with Crippen LogP contribution in [0.1, 0.15) is 38.4 Å². The number of hydrogen-bond acceptors (Lipinski definition) is 4.